The van der Waals surface area contributed by atoms with Gasteiger partial charge >= 0.3 is 5.97 Å². The van der Waals surface area contributed by atoms with Crippen molar-refractivity contribution in [1.82, 2.24) is 0 Å². The van der Waals surface area contributed by atoms with Crippen molar-refractivity contribution in [2.45, 2.75) is 44.8 Å². The van der Waals surface area contributed by atoms with E-state index in [-0.39, 0.29) is 4.75 Å². The molecule has 1 aromatic carbocycles. The highest BCUT2D eigenvalue weighted by Crippen LogP contribution is 2.24. The molecule has 2 rings (SSSR count). The number of aryl methyl sites for hydroxylation is 1. The lowest BCUT2D eigenvalue weighted by atomic mass is 10.0. The number of hydrogen-bond donors (Lipinski definition) is 2. The Bertz CT molecular complexity index is 424. The van der Waals surface area contributed by atoms with Gasteiger partial charge in [-0.05, 0) is 57.2 Å². The third-order valence-electron chi connectivity index (χ3n) is 2.73. The fourth-order valence-electron chi connectivity index (χ4n) is 1.82. The van der Waals surface area contributed by atoms with Gasteiger partial charge in [0.25, 0.3) is 0 Å². The van der Waals surface area contributed by atoms with E-state index in [4.69, 9.17) is 10.2 Å². The summed E-state index contributed by atoms with van der Waals surface area (Å²) in [5.41, 5.74) is 2.75. The molecule has 18 heavy (non-hydrogen) atoms. The SMILES string of the molecule is CC(C)(C)SN.O=C(O)c1cccc2c1CCC2. The van der Waals surface area contributed by atoms with Gasteiger partial charge in [-0.15, -0.1) is 0 Å². The quantitative estimate of drug-likeness (QED) is 0.767. The maximum absolute atomic E-state index is 10.8. The summed E-state index contributed by atoms with van der Waals surface area (Å²) >= 11 is 1.38. The molecule has 0 heterocycles. The maximum atomic E-state index is 10.8. The minimum Gasteiger partial charge on any atom is -0.478 e. The summed E-state index contributed by atoms with van der Waals surface area (Å²) < 4.78 is 0.236. The summed E-state index contributed by atoms with van der Waals surface area (Å²) in [7, 11) is 0. The molecule has 0 atom stereocenters. The molecule has 0 spiro atoms. The molecule has 1 aromatic rings. The molecule has 3 nitrogen and oxygen atoms in total. The number of benzene rings is 1. The van der Waals surface area contributed by atoms with Crippen LogP contribution >= 0.6 is 11.9 Å². The fourth-order valence-corrected chi connectivity index (χ4v) is 1.82. The van der Waals surface area contributed by atoms with Crippen LogP contribution in [-0.2, 0) is 12.8 Å². The van der Waals surface area contributed by atoms with Crippen molar-refractivity contribution in [1.29, 1.82) is 0 Å². The second kappa shape index (κ2) is 6.25. The van der Waals surface area contributed by atoms with Crippen LogP contribution in [0.5, 0.6) is 0 Å². The van der Waals surface area contributed by atoms with Crippen molar-refractivity contribution in [3.63, 3.8) is 0 Å². The fraction of sp³-hybridized carbons (Fsp3) is 0.500. The highest BCUT2D eigenvalue weighted by Gasteiger charge is 2.17. The van der Waals surface area contributed by atoms with Crippen molar-refractivity contribution in [2.24, 2.45) is 5.14 Å². The molecular weight excluding hydrogens is 246 g/mol. The van der Waals surface area contributed by atoms with Gasteiger partial charge in [0, 0.05) is 4.75 Å². The molecule has 3 N–H and O–H groups in total. The first-order valence-electron chi connectivity index (χ1n) is 6.07. The predicted molar refractivity (Wildman–Crippen MR) is 77.0 cm³/mol. The molecule has 0 saturated carbocycles. The average molecular weight is 267 g/mol. The van der Waals surface area contributed by atoms with Crippen LogP contribution in [-0.4, -0.2) is 15.8 Å². The number of carboxylic acid groups (broad SMARTS) is 1. The number of rotatable bonds is 1. The summed E-state index contributed by atoms with van der Waals surface area (Å²) in [6, 6.07) is 5.54. The van der Waals surface area contributed by atoms with Gasteiger partial charge in [0.2, 0.25) is 0 Å². The van der Waals surface area contributed by atoms with Gasteiger partial charge in [-0.1, -0.05) is 24.1 Å². The third kappa shape index (κ3) is 4.35. The molecule has 0 bridgehead atoms. The van der Waals surface area contributed by atoms with Crippen molar-refractivity contribution in [3.8, 4) is 0 Å². The van der Waals surface area contributed by atoms with E-state index in [0.717, 1.165) is 24.8 Å². The first-order chi connectivity index (χ1) is 8.35. The molecular formula is C14H21NO2S. The minimum atomic E-state index is -0.797. The van der Waals surface area contributed by atoms with Crippen molar-refractivity contribution in [2.75, 3.05) is 0 Å². The lowest BCUT2D eigenvalue weighted by Crippen LogP contribution is -2.09. The first-order valence-corrected chi connectivity index (χ1v) is 6.95. The summed E-state index contributed by atoms with van der Waals surface area (Å²) in [5.74, 6) is -0.797. The van der Waals surface area contributed by atoms with Gasteiger partial charge < -0.3 is 5.11 Å². The first kappa shape index (κ1) is 15.1. The van der Waals surface area contributed by atoms with Crippen LogP contribution in [0.1, 0.15) is 48.7 Å². The number of aromatic carboxylic acids is 1. The van der Waals surface area contributed by atoms with Crippen molar-refractivity contribution in [3.05, 3.63) is 34.9 Å². The van der Waals surface area contributed by atoms with E-state index in [1.807, 2.05) is 12.1 Å². The Morgan fingerprint density at radius 1 is 1.33 bits per heavy atom. The standard InChI is InChI=1S/C10H10O2.C4H11NS/c11-10(12)9-6-2-4-7-3-1-5-8(7)9;1-4(2,3)6-5/h2,4,6H,1,3,5H2,(H,11,12);5H2,1-3H3. The molecule has 1 aliphatic rings. The molecule has 4 heteroatoms. The number of fused-ring (bicyclic) bond motifs is 1. The average Bonchev–Trinajstić information content (AvgIpc) is 2.76. The molecule has 0 unspecified atom stereocenters. The lowest BCUT2D eigenvalue weighted by molar-refractivity contribution is 0.0696. The number of nitrogens with two attached hydrogens (primary N) is 1. The highest BCUT2D eigenvalue weighted by atomic mass is 32.2. The summed E-state index contributed by atoms with van der Waals surface area (Å²) in [4.78, 5) is 10.8. The van der Waals surface area contributed by atoms with Crippen LogP contribution in [0.3, 0.4) is 0 Å². The monoisotopic (exact) mass is 267 g/mol. The van der Waals surface area contributed by atoms with Gasteiger partial charge in [0.15, 0.2) is 0 Å². The van der Waals surface area contributed by atoms with Crippen LogP contribution in [0.2, 0.25) is 0 Å². The zero-order chi connectivity index (χ0) is 13.8. The predicted octanol–water partition coefficient (Wildman–Crippen LogP) is 3.27. The van der Waals surface area contributed by atoms with Crippen LogP contribution in [0.15, 0.2) is 18.2 Å². The number of carboxylic acids is 1. The summed E-state index contributed by atoms with van der Waals surface area (Å²) in [5, 5.41) is 14.1. The Kier molecular flexibility index (Phi) is 5.23. The molecule has 0 fully saturated rings. The Labute approximate surface area is 113 Å². The zero-order valence-electron chi connectivity index (χ0n) is 11.2. The maximum Gasteiger partial charge on any atom is 0.335 e. The normalized spacial score (nSPS) is 13.6. The second-order valence-corrected chi connectivity index (χ2v) is 6.79. The largest absolute Gasteiger partial charge is 0.478 e. The molecule has 0 radical (unpaired) electrons. The van der Waals surface area contributed by atoms with Gasteiger partial charge in [0.05, 0.1) is 5.56 Å². The molecule has 0 saturated heterocycles. The van der Waals surface area contributed by atoms with E-state index in [0.29, 0.717) is 5.56 Å². The molecule has 0 aromatic heterocycles. The van der Waals surface area contributed by atoms with Crippen LogP contribution in [0.25, 0.3) is 0 Å². The number of carbonyl (C=O) groups is 1. The van der Waals surface area contributed by atoms with E-state index in [9.17, 15) is 4.79 Å². The summed E-state index contributed by atoms with van der Waals surface area (Å²) in [6.45, 7) is 6.24. The van der Waals surface area contributed by atoms with Gasteiger partial charge in [-0.2, -0.15) is 0 Å². The van der Waals surface area contributed by atoms with Gasteiger partial charge in [0.1, 0.15) is 0 Å². The van der Waals surface area contributed by atoms with Gasteiger partial charge in [-0.25, -0.2) is 4.79 Å². The van der Waals surface area contributed by atoms with Crippen LogP contribution in [0.4, 0.5) is 0 Å². The van der Waals surface area contributed by atoms with E-state index < -0.39 is 5.97 Å². The summed E-state index contributed by atoms with van der Waals surface area (Å²) in [6.07, 6.45) is 3.06. The molecule has 0 amide bonds. The highest BCUT2D eigenvalue weighted by molar-refractivity contribution is 7.98. The Hall–Kier alpha value is -1.00. The zero-order valence-corrected chi connectivity index (χ0v) is 12.0. The lowest BCUT2D eigenvalue weighted by Gasteiger charge is -2.11. The van der Waals surface area contributed by atoms with Crippen molar-refractivity contribution < 1.29 is 9.90 Å². The van der Waals surface area contributed by atoms with E-state index >= 15 is 0 Å². The molecule has 0 aliphatic heterocycles. The smallest absolute Gasteiger partial charge is 0.335 e. The van der Waals surface area contributed by atoms with Gasteiger partial charge in [-0.3, -0.25) is 5.14 Å². The van der Waals surface area contributed by atoms with Crippen LogP contribution < -0.4 is 5.14 Å². The topological polar surface area (TPSA) is 63.3 Å². The third-order valence-corrected chi connectivity index (χ3v) is 3.44. The van der Waals surface area contributed by atoms with E-state index in [1.165, 1.54) is 17.5 Å². The Balaban J connectivity index is 0.000000232. The Morgan fingerprint density at radius 2 is 1.94 bits per heavy atom. The minimum absolute atomic E-state index is 0.236. The molecule has 1 aliphatic carbocycles. The van der Waals surface area contributed by atoms with E-state index in [2.05, 4.69) is 20.8 Å². The Morgan fingerprint density at radius 3 is 2.44 bits per heavy atom. The van der Waals surface area contributed by atoms with Crippen molar-refractivity contribution >= 4 is 17.9 Å². The van der Waals surface area contributed by atoms with E-state index in [1.54, 1.807) is 6.07 Å². The number of hydrogen-bond acceptors (Lipinski definition) is 3. The second-order valence-electron chi connectivity index (χ2n) is 5.33. The van der Waals surface area contributed by atoms with Crippen LogP contribution in [0, 0.1) is 0 Å². The molecule has 100 valence electrons.